The molecule has 2 atom stereocenters. The minimum absolute atomic E-state index is 0.135. The van der Waals surface area contributed by atoms with Crippen LogP contribution in [0.1, 0.15) is 43.5 Å². The molecule has 0 saturated heterocycles. The number of amides is 1. The molecule has 114 valence electrons. The molecule has 1 amide bonds. The van der Waals surface area contributed by atoms with Crippen LogP contribution in [0.25, 0.3) is 0 Å². The molecule has 1 saturated carbocycles. The minimum atomic E-state index is -0.582. The van der Waals surface area contributed by atoms with Crippen LogP contribution in [-0.2, 0) is 9.53 Å². The zero-order chi connectivity index (χ0) is 15.5. The van der Waals surface area contributed by atoms with E-state index in [9.17, 15) is 9.59 Å². The van der Waals surface area contributed by atoms with Crippen molar-refractivity contribution in [1.29, 1.82) is 0 Å². The van der Waals surface area contributed by atoms with Gasteiger partial charge < -0.3 is 15.8 Å². The van der Waals surface area contributed by atoms with Gasteiger partial charge >= 0.3 is 5.97 Å². The van der Waals surface area contributed by atoms with Crippen LogP contribution in [0.2, 0.25) is 0 Å². The molecule has 2 rings (SSSR count). The number of benzene rings is 1. The third-order valence-corrected chi connectivity index (χ3v) is 4.22. The van der Waals surface area contributed by atoms with Gasteiger partial charge in [0.05, 0.1) is 23.3 Å². The molecular formula is C16H22N2O3. The smallest absolute Gasteiger partial charge is 0.340 e. The number of nitrogens with two attached hydrogens (primary N) is 1. The quantitative estimate of drug-likeness (QED) is 0.834. The average molecular weight is 290 g/mol. The standard InChI is InChI=1S/C16H22N2O3/c1-3-21-14(19)11-7-4-5-8-12(11)18-15(20)16(2)10-6-9-13(16)17/h4-5,7-8,13H,3,6,9-10,17H2,1-2H3,(H,18,20). The van der Waals surface area contributed by atoms with Gasteiger partial charge in [-0.2, -0.15) is 0 Å². The number of esters is 1. The summed E-state index contributed by atoms with van der Waals surface area (Å²) in [5, 5.41) is 2.84. The molecule has 5 nitrogen and oxygen atoms in total. The Labute approximate surface area is 124 Å². The first-order valence-electron chi connectivity index (χ1n) is 7.32. The maximum Gasteiger partial charge on any atom is 0.340 e. The lowest BCUT2D eigenvalue weighted by Gasteiger charge is -2.27. The number of rotatable bonds is 4. The van der Waals surface area contributed by atoms with Crippen LogP contribution < -0.4 is 11.1 Å². The van der Waals surface area contributed by atoms with E-state index in [4.69, 9.17) is 10.5 Å². The molecule has 1 aliphatic carbocycles. The first kappa shape index (κ1) is 15.5. The normalized spacial score (nSPS) is 24.6. The van der Waals surface area contributed by atoms with Crippen LogP contribution in [0.15, 0.2) is 24.3 Å². The van der Waals surface area contributed by atoms with Gasteiger partial charge in [0.2, 0.25) is 5.91 Å². The zero-order valence-corrected chi connectivity index (χ0v) is 12.5. The fraction of sp³-hybridized carbons (Fsp3) is 0.500. The first-order valence-corrected chi connectivity index (χ1v) is 7.32. The molecule has 3 N–H and O–H groups in total. The molecule has 1 aliphatic rings. The molecule has 0 spiro atoms. The van der Waals surface area contributed by atoms with E-state index in [1.165, 1.54) is 0 Å². The summed E-state index contributed by atoms with van der Waals surface area (Å²) < 4.78 is 5.01. The molecule has 0 aliphatic heterocycles. The Bertz CT molecular complexity index is 544. The number of carbonyl (C=O) groups is 2. The van der Waals surface area contributed by atoms with E-state index >= 15 is 0 Å². The van der Waals surface area contributed by atoms with Crippen LogP contribution in [0.3, 0.4) is 0 Å². The van der Waals surface area contributed by atoms with Crippen LogP contribution in [0.4, 0.5) is 5.69 Å². The summed E-state index contributed by atoms with van der Waals surface area (Å²) in [6, 6.07) is 6.71. The Morgan fingerprint density at radius 1 is 1.43 bits per heavy atom. The van der Waals surface area contributed by atoms with Gasteiger partial charge in [0, 0.05) is 6.04 Å². The van der Waals surface area contributed by atoms with Gasteiger partial charge in [-0.25, -0.2) is 4.79 Å². The van der Waals surface area contributed by atoms with Crippen molar-refractivity contribution in [3.63, 3.8) is 0 Å². The summed E-state index contributed by atoms with van der Waals surface area (Å²) in [4.78, 5) is 24.5. The monoisotopic (exact) mass is 290 g/mol. The summed E-state index contributed by atoms with van der Waals surface area (Å²) in [7, 11) is 0. The Hall–Kier alpha value is -1.88. The molecule has 1 fully saturated rings. The minimum Gasteiger partial charge on any atom is -0.462 e. The Morgan fingerprint density at radius 3 is 2.76 bits per heavy atom. The lowest BCUT2D eigenvalue weighted by Crippen LogP contribution is -2.44. The zero-order valence-electron chi connectivity index (χ0n) is 12.5. The van der Waals surface area contributed by atoms with E-state index < -0.39 is 11.4 Å². The molecule has 1 aromatic carbocycles. The maximum atomic E-state index is 12.5. The van der Waals surface area contributed by atoms with Crippen molar-refractivity contribution in [2.75, 3.05) is 11.9 Å². The van der Waals surface area contributed by atoms with E-state index in [1.54, 1.807) is 31.2 Å². The van der Waals surface area contributed by atoms with E-state index in [-0.39, 0.29) is 11.9 Å². The van der Waals surface area contributed by atoms with Crippen LogP contribution in [-0.4, -0.2) is 24.5 Å². The highest BCUT2D eigenvalue weighted by molar-refractivity contribution is 6.03. The van der Waals surface area contributed by atoms with Crippen molar-refractivity contribution in [3.8, 4) is 0 Å². The second kappa shape index (κ2) is 6.26. The Morgan fingerprint density at radius 2 is 2.14 bits per heavy atom. The lowest BCUT2D eigenvalue weighted by molar-refractivity contribution is -0.125. The second-order valence-corrected chi connectivity index (χ2v) is 5.64. The van der Waals surface area contributed by atoms with Crippen molar-refractivity contribution in [3.05, 3.63) is 29.8 Å². The maximum absolute atomic E-state index is 12.5. The fourth-order valence-corrected chi connectivity index (χ4v) is 2.72. The lowest BCUT2D eigenvalue weighted by atomic mass is 9.84. The summed E-state index contributed by atoms with van der Waals surface area (Å²) in [5.74, 6) is -0.571. The number of carbonyl (C=O) groups excluding carboxylic acids is 2. The van der Waals surface area contributed by atoms with Crippen molar-refractivity contribution >= 4 is 17.6 Å². The van der Waals surface area contributed by atoms with Crippen molar-refractivity contribution in [1.82, 2.24) is 0 Å². The van der Waals surface area contributed by atoms with Gasteiger partial charge in [0.1, 0.15) is 0 Å². The largest absolute Gasteiger partial charge is 0.462 e. The number of hydrogen-bond acceptors (Lipinski definition) is 4. The Balaban J connectivity index is 2.20. The van der Waals surface area contributed by atoms with Gasteiger partial charge in [0.25, 0.3) is 0 Å². The van der Waals surface area contributed by atoms with Gasteiger partial charge in [-0.1, -0.05) is 18.6 Å². The van der Waals surface area contributed by atoms with Crippen molar-refractivity contribution < 1.29 is 14.3 Å². The van der Waals surface area contributed by atoms with E-state index in [0.29, 0.717) is 17.9 Å². The van der Waals surface area contributed by atoms with E-state index in [1.807, 2.05) is 6.92 Å². The number of anilines is 1. The molecule has 0 heterocycles. The summed E-state index contributed by atoms with van der Waals surface area (Å²) in [5.41, 5.74) is 6.32. The van der Waals surface area contributed by atoms with E-state index in [0.717, 1.165) is 19.3 Å². The number of ether oxygens (including phenoxy) is 1. The molecule has 21 heavy (non-hydrogen) atoms. The first-order chi connectivity index (χ1) is 9.99. The molecule has 0 radical (unpaired) electrons. The number of nitrogens with one attached hydrogen (secondary N) is 1. The van der Waals surface area contributed by atoms with Gasteiger partial charge in [0.15, 0.2) is 0 Å². The second-order valence-electron chi connectivity index (χ2n) is 5.64. The van der Waals surface area contributed by atoms with Crippen molar-refractivity contribution in [2.24, 2.45) is 11.1 Å². The van der Waals surface area contributed by atoms with Crippen LogP contribution >= 0.6 is 0 Å². The third-order valence-electron chi connectivity index (χ3n) is 4.22. The van der Waals surface area contributed by atoms with Crippen LogP contribution in [0.5, 0.6) is 0 Å². The van der Waals surface area contributed by atoms with Crippen LogP contribution in [0, 0.1) is 5.41 Å². The summed E-state index contributed by atoms with van der Waals surface area (Å²) in [6.45, 7) is 3.92. The third kappa shape index (κ3) is 3.08. The molecule has 0 aromatic heterocycles. The van der Waals surface area contributed by atoms with E-state index in [2.05, 4.69) is 5.32 Å². The average Bonchev–Trinajstić information content (AvgIpc) is 2.81. The fourth-order valence-electron chi connectivity index (χ4n) is 2.72. The molecule has 5 heteroatoms. The Kier molecular flexibility index (Phi) is 4.63. The molecule has 2 unspecified atom stereocenters. The summed E-state index contributed by atoms with van der Waals surface area (Å²) >= 11 is 0. The number of hydrogen-bond donors (Lipinski definition) is 2. The summed E-state index contributed by atoms with van der Waals surface area (Å²) in [6.07, 6.45) is 2.57. The molecular weight excluding hydrogens is 268 g/mol. The highest BCUT2D eigenvalue weighted by Gasteiger charge is 2.43. The predicted octanol–water partition coefficient (Wildman–Crippen LogP) is 2.32. The molecule has 1 aromatic rings. The molecule has 0 bridgehead atoms. The highest BCUT2D eigenvalue weighted by Crippen LogP contribution is 2.37. The van der Waals surface area contributed by atoms with Gasteiger partial charge in [-0.15, -0.1) is 0 Å². The number of para-hydroxylation sites is 1. The van der Waals surface area contributed by atoms with Gasteiger partial charge in [-0.3, -0.25) is 4.79 Å². The van der Waals surface area contributed by atoms with Crippen molar-refractivity contribution in [2.45, 2.75) is 39.2 Å². The van der Waals surface area contributed by atoms with Gasteiger partial charge in [-0.05, 0) is 38.8 Å². The topological polar surface area (TPSA) is 81.4 Å². The highest BCUT2D eigenvalue weighted by atomic mass is 16.5. The predicted molar refractivity (Wildman–Crippen MR) is 81.0 cm³/mol. The SMILES string of the molecule is CCOC(=O)c1ccccc1NC(=O)C1(C)CCCC1N.